The zero-order valence-electron chi connectivity index (χ0n) is 8.45. The third kappa shape index (κ3) is 2.70. The molecule has 0 spiro atoms. The molecule has 6 nitrogen and oxygen atoms in total. The molecule has 2 aromatic rings. The maximum absolute atomic E-state index is 11.4. The molecule has 0 aliphatic heterocycles. The minimum Gasteiger partial charge on any atom is -0.478 e. The van der Waals surface area contributed by atoms with Gasteiger partial charge in [-0.2, -0.15) is 0 Å². The predicted molar refractivity (Wildman–Crippen MR) is 60.2 cm³/mol. The molecule has 0 bridgehead atoms. The van der Waals surface area contributed by atoms with Gasteiger partial charge in [-0.1, -0.05) is 0 Å². The fourth-order valence-electron chi connectivity index (χ4n) is 1.11. The van der Waals surface area contributed by atoms with Crippen molar-refractivity contribution in [3.63, 3.8) is 0 Å². The molecule has 0 atom stereocenters. The molecule has 2 aromatic heterocycles. The van der Waals surface area contributed by atoms with Gasteiger partial charge in [0, 0.05) is 18.6 Å². The van der Waals surface area contributed by atoms with E-state index < -0.39 is 5.97 Å². The lowest BCUT2D eigenvalue weighted by Gasteiger charge is -1.99. The summed E-state index contributed by atoms with van der Waals surface area (Å²) in [5.74, 6) is -1.04. The summed E-state index contributed by atoms with van der Waals surface area (Å²) in [5, 5.41) is 9.45. The molecular weight excluding hydrogens is 242 g/mol. The fraction of sp³-hybridized carbons (Fsp3) is 0. The molecule has 0 fully saturated rings. The van der Waals surface area contributed by atoms with E-state index in [0.29, 0.717) is 5.03 Å². The van der Waals surface area contributed by atoms with Gasteiger partial charge in [0.05, 0.1) is 5.56 Å². The average molecular weight is 249 g/mol. The Kier molecular flexibility index (Phi) is 3.20. The number of hydrogen-bond donors (Lipinski definition) is 2. The number of carboxylic acids is 1. The normalized spacial score (nSPS) is 10.1. The van der Waals surface area contributed by atoms with Crippen LogP contribution in [0.1, 0.15) is 10.4 Å². The van der Waals surface area contributed by atoms with E-state index in [9.17, 15) is 9.59 Å². The van der Waals surface area contributed by atoms with Gasteiger partial charge < -0.3 is 10.1 Å². The number of pyridine rings is 1. The first-order valence-electron chi connectivity index (χ1n) is 4.58. The van der Waals surface area contributed by atoms with Gasteiger partial charge in [-0.05, 0) is 23.9 Å². The molecule has 0 unspecified atom stereocenters. The Bertz CT molecular complexity index is 611. The van der Waals surface area contributed by atoms with Gasteiger partial charge in [0.25, 0.3) is 5.56 Å². The molecule has 0 aliphatic rings. The molecule has 2 rings (SSSR count). The number of hydrogen-bond acceptors (Lipinski definition) is 5. The third-order valence-corrected chi connectivity index (χ3v) is 2.77. The topological polar surface area (TPSA) is 95.9 Å². The molecule has 0 saturated carbocycles. The summed E-state index contributed by atoms with van der Waals surface area (Å²) in [6, 6.07) is 2.77. The molecule has 7 heteroatoms. The Labute approximate surface area is 99.8 Å². The van der Waals surface area contributed by atoms with E-state index in [1.54, 1.807) is 0 Å². The molecule has 0 saturated heterocycles. The number of nitrogens with one attached hydrogen (secondary N) is 1. The Morgan fingerprint density at radius 2 is 2.18 bits per heavy atom. The lowest BCUT2D eigenvalue weighted by Crippen LogP contribution is -2.08. The second-order valence-corrected chi connectivity index (χ2v) is 4.02. The fourth-order valence-corrected chi connectivity index (χ4v) is 1.87. The second kappa shape index (κ2) is 4.79. The summed E-state index contributed by atoms with van der Waals surface area (Å²) in [6.45, 7) is 0. The lowest BCUT2D eigenvalue weighted by atomic mass is 10.3. The van der Waals surface area contributed by atoms with Crippen molar-refractivity contribution in [1.82, 2.24) is 15.0 Å². The van der Waals surface area contributed by atoms with Crippen LogP contribution in [-0.4, -0.2) is 26.0 Å². The van der Waals surface area contributed by atoms with E-state index in [1.807, 2.05) is 0 Å². The second-order valence-electron chi connectivity index (χ2n) is 3.01. The highest BCUT2D eigenvalue weighted by atomic mass is 32.2. The van der Waals surface area contributed by atoms with Gasteiger partial charge in [0.15, 0.2) is 5.03 Å². The van der Waals surface area contributed by atoms with E-state index in [1.165, 1.54) is 30.7 Å². The molecule has 0 aliphatic carbocycles. The van der Waals surface area contributed by atoms with Crippen LogP contribution in [0.5, 0.6) is 0 Å². The van der Waals surface area contributed by atoms with Gasteiger partial charge in [0.2, 0.25) is 0 Å². The molecule has 2 heterocycles. The number of carboxylic acid groups (broad SMARTS) is 1. The van der Waals surface area contributed by atoms with Crippen molar-refractivity contribution in [3.8, 4) is 0 Å². The van der Waals surface area contributed by atoms with Crippen molar-refractivity contribution in [2.45, 2.75) is 10.1 Å². The van der Waals surface area contributed by atoms with Crippen molar-refractivity contribution in [2.75, 3.05) is 0 Å². The molecule has 0 aromatic carbocycles. The summed E-state index contributed by atoms with van der Waals surface area (Å²) in [4.78, 5) is 32.4. The van der Waals surface area contributed by atoms with E-state index in [-0.39, 0.29) is 16.1 Å². The van der Waals surface area contributed by atoms with Crippen LogP contribution in [0.3, 0.4) is 0 Å². The zero-order chi connectivity index (χ0) is 12.3. The maximum Gasteiger partial charge on any atom is 0.335 e. The van der Waals surface area contributed by atoms with Gasteiger partial charge in [-0.25, -0.2) is 14.8 Å². The van der Waals surface area contributed by atoms with Crippen LogP contribution < -0.4 is 5.56 Å². The smallest absolute Gasteiger partial charge is 0.335 e. The minimum absolute atomic E-state index is 0.120. The number of aromatic amines is 1. The molecular formula is C10H7N3O3S. The number of nitrogens with zero attached hydrogens (tertiary/aromatic N) is 2. The van der Waals surface area contributed by atoms with Crippen LogP contribution in [0, 0.1) is 0 Å². The number of H-pyrrole nitrogens is 1. The lowest BCUT2D eigenvalue weighted by molar-refractivity contribution is 0.0696. The van der Waals surface area contributed by atoms with Crippen molar-refractivity contribution >= 4 is 17.7 Å². The summed E-state index contributed by atoms with van der Waals surface area (Å²) >= 11 is 1.02. The number of aromatic nitrogens is 3. The quantitative estimate of drug-likeness (QED) is 0.842. The molecule has 17 heavy (non-hydrogen) atoms. The highest BCUT2D eigenvalue weighted by Gasteiger charge is 2.08. The van der Waals surface area contributed by atoms with E-state index >= 15 is 0 Å². The van der Waals surface area contributed by atoms with Crippen LogP contribution in [0.2, 0.25) is 0 Å². The zero-order valence-corrected chi connectivity index (χ0v) is 9.27. The monoisotopic (exact) mass is 249 g/mol. The Morgan fingerprint density at radius 3 is 2.88 bits per heavy atom. The standard InChI is InChI=1S/C10H7N3O3S/c14-8-9(13-4-3-12-8)17-7-5-6(10(15)16)1-2-11-7/h1-5H,(H,12,14)(H,15,16). The van der Waals surface area contributed by atoms with E-state index in [0.717, 1.165) is 11.8 Å². The Morgan fingerprint density at radius 1 is 1.35 bits per heavy atom. The Balaban J connectivity index is 2.31. The first kappa shape index (κ1) is 11.3. The predicted octanol–water partition coefficient (Wildman–Crippen LogP) is 1.01. The number of carbonyl (C=O) groups is 1. The summed E-state index contributed by atoms with van der Waals surface area (Å²) < 4.78 is 0. The SMILES string of the molecule is O=C(O)c1ccnc(Sc2ncc[nH]c2=O)c1. The summed E-state index contributed by atoms with van der Waals surface area (Å²) in [5.41, 5.74) is -0.213. The number of aromatic carboxylic acids is 1. The van der Waals surface area contributed by atoms with Gasteiger partial charge in [-0.3, -0.25) is 4.79 Å². The average Bonchev–Trinajstić information content (AvgIpc) is 2.32. The van der Waals surface area contributed by atoms with Crippen molar-refractivity contribution < 1.29 is 9.90 Å². The highest BCUT2D eigenvalue weighted by molar-refractivity contribution is 7.99. The van der Waals surface area contributed by atoms with E-state index in [4.69, 9.17) is 5.11 Å². The molecule has 0 amide bonds. The van der Waals surface area contributed by atoms with Crippen LogP contribution in [-0.2, 0) is 0 Å². The van der Waals surface area contributed by atoms with Gasteiger partial charge >= 0.3 is 5.97 Å². The summed E-state index contributed by atoms with van der Waals surface area (Å²) in [6.07, 6.45) is 4.25. The van der Waals surface area contributed by atoms with Gasteiger partial charge in [-0.15, -0.1) is 0 Å². The maximum atomic E-state index is 11.4. The van der Waals surface area contributed by atoms with Crippen LogP contribution in [0.25, 0.3) is 0 Å². The first-order chi connectivity index (χ1) is 8.16. The largest absolute Gasteiger partial charge is 0.478 e. The minimum atomic E-state index is -1.04. The van der Waals surface area contributed by atoms with E-state index in [2.05, 4.69) is 15.0 Å². The molecule has 2 N–H and O–H groups in total. The number of rotatable bonds is 3. The van der Waals surface area contributed by atoms with Crippen molar-refractivity contribution in [3.05, 3.63) is 46.6 Å². The van der Waals surface area contributed by atoms with Crippen molar-refractivity contribution in [1.29, 1.82) is 0 Å². The van der Waals surface area contributed by atoms with Crippen LogP contribution in [0.4, 0.5) is 0 Å². The first-order valence-corrected chi connectivity index (χ1v) is 5.39. The highest BCUT2D eigenvalue weighted by Crippen LogP contribution is 2.21. The molecule has 86 valence electrons. The summed E-state index contributed by atoms with van der Waals surface area (Å²) in [7, 11) is 0. The molecule has 0 radical (unpaired) electrons. The Hall–Kier alpha value is -2.15. The van der Waals surface area contributed by atoms with Gasteiger partial charge in [0.1, 0.15) is 5.03 Å². The van der Waals surface area contributed by atoms with Crippen LogP contribution >= 0.6 is 11.8 Å². The van der Waals surface area contributed by atoms with Crippen molar-refractivity contribution in [2.24, 2.45) is 0 Å². The third-order valence-electron chi connectivity index (χ3n) is 1.86. The van der Waals surface area contributed by atoms with Crippen LogP contribution in [0.15, 0.2) is 45.6 Å².